The molecule has 0 spiro atoms. The number of rotatable bonds is 6. The lowest BCUT2D eigenvalue weighted by Crippen LogP contribution is -2.70. The summed E-state index contributed by atoms with van der Waals surface area (Å²) >= 11 is 0. The Morgan fingerprint density at radius 1 is 0.571 bits per heavy atom. The van der Waals surface area contributed by atoms with E-state index in [2.05, 4.69) is 0 Å². The number of aliphatic hydroxyl groups is 1. The Morgan fingerprint density at radius 3 is 1.10 bits per heavy atom. The number of hydrogen-bond donors (Lipinski definition) is 1. The molecule has 0 saturated carbocycles. The summed E-state index contributed by atoms with van der Waals surface area (Å²) in [5.41, 5.74) is 0. The molecule has 1 nitrogen and oxygen atoms in total. The lowest BCUT2D eigenvalue weighted by molar-refractivity contribution is -0.451. The second kappa shape index (κ2) is 4.81. The van der Waals surface area contributed by atoms with Crippen LogP contribution in [-0.4, -0.2) is 40.8 Å². The molecule has 1 N–H and O–H groups in total. The largest absolute Gasteiger partial charge is 0.423 e. The zero-order valence-electron chi connectivity index (χ0n) is 9.69. The van der Waals surface area contributed by atoms with Crippen molar-refractivity contribution in [2.75, 3.05) is 0 Å². The zero-order chi connectivity index (χ0) is 17.7. The lowest BCUT2D eigenvalue weighted by atomic mass is 9.93. The first-order valence-electron chi connectivity index (χ1n) is 4.80. The smallest absolute Gasteiger partial charge is 0.331 e. The third kappa shape index (κ3) is 2.52. The predicted molar refractivity (Wildman–Crippen MR) is 42.2 cm³/mol. The predicted octanol–water partition coefficient (Wildman–Crippen LogP) is 4.16. The summed E-state index contributed by atoms with van der Waals surface area (Å²) in [4.78, 5) is 0. The van der Waals surface area contributed by atoms with Crippen molar-refractivity contribution in [3.63, 3.8) is 0 Å². The van der Waals surface area contributed by atoms with Gasteiger partial charge in [-0.25, -0.2) is 0 Å². The molecule has 0 radical (unpaired) electrons. The monoisotopic (exact) mass is 346 g/mol. The topological polar surface area (TPSA) is 20.2 Å². The summed E-state index contributed by atoms with van der Waals surface area (Å²) in [5, 5.41) is 7.44. The second-order valence-electron chi connectivity index (χ2n) is 3.90. The molecule has 0 unspecified atom stereocenters. The molecule has 0 amide bonds. The second-order valence-corrected chi connectivity index (χ2v) is 3.90. The molecule has 128 valence electrons. The van der Waals surface area contributed by atoms with Crippen molar-refractivity contribution in [2.45, 2.75) is 49.1 Å². The van der Waals surface area contributed by atoms with E-state index in [0.717, 1.165) is 0 Å². The molecule has 0 atom stereocenters. The highest BCUT2D eigenvalue weighted by atomic mass is 19.4. The van der Waals surface area contributed by atoms with Crippen LogP contribution >= 0.6 is 0 Å². The van der Waals surface area contributed by atoms with Gasteiger partial charge in [0.15, 0.2) is 0 Å². The van der Waals surface area contributed by atoms with Crippen molar-refractivity contribution in [3.8, 4) is 0 Å². The minimum atomic E-state index is -7.68. The average Bonchev–Trinajstić information content (AvgIpc) is 2.26. The molecule has 0 aromatic heterocycles. The van der Waals surface area contributed by atoms with Crippen LogP contribution < -0.4 is 0 Å². The summed E-state index contributed by atoms with van der Waals surface area (Å²) in [7, 11) is 0. The van der Waals surface area contributed by atoms with Gasteiger partial charge in [-0.1, -0.05) is 6.92 Å². The van der Waals surface area contributed by atoms with Crippen LogP contribution in [0.15, 0.2) is 0 Å². The van der Waals surface area contributed by atoms with Gasteiger partial charge in [-0.3, -0.25) is 0 Å². The van der Waals surface area contributed by atoms with Gasteiger partial charge in [0.1, 0.15) is 0 Å². The first kappa shape index (κ1) is 20.1. The number of halogens is 12. The van der Waals surface area contributed by atoms with Crippen LogP contribution in [0.1, 0.15) is 13.3 Å². The fourth-order valence-electron chi connectivity index (χ4n) is 1.03. The van der Waals surface area contributed by atoms with Crippen molar-refractivity contribution in [1.29, 1.82) is 0 Å². The van der Waals surface area contributed by atoms with E-state index in [9.17, 15) is 52.7 Å². The quantitative estimate of drug-likeness (QED) is 0.716. The highest BCUT2D eigenvalue weighted by Crippen LogP contribution is 2.59. The van der Waals surface area contributed by atoms with Gasteiger partial charge in [-0.2, -0.15) is 52.7 Å². The van der Waals surface area contributed by atoms with Crippen LogP contribution in [0.4, 0.5) is 52.7 Å². The van der Waals surface area contributed by atoms with Crippen LogP contribution in [0.25, 0.3) is 0 Å². The van der Waals surface area contributed by atoms with Crippen molar-refractivity contribution in [1.82, 2.24) is 0 Å². The van der Waals surface area contributed by atoms with E-state index in [1.165, 1.54) is 0 Å². The molecule has 0 aromatic rings. The van der Waals surface area contributed by atoms with Gasteiger partial charge in [0.05, 0.1) is 0 Å². The Bertz CT molecular complexity index is 381. The fraction of sp³-hybridized carbons (Fsp3) is 1.00. The highest BCUT2D eigenvalue weighted by molar-refractivity contribution is 5.09. The van der Waals surface area contributed by atoms with E-state index in [4.69, 9.17) is 5.11 Å². The van der Waals surface area contributed by atoms with Gasteiger partial charge >= 0.3 is 35.7 Å². The maximum Gasteiger partial charge on any atom is 0.423 e. The lowest BCUT2D eigenvalue weighted by Gasteiger charge is -2.39. The first-order chi connectivity index (χ1) is 8.81. The zero-order valence-corrected chi connectivity index (χ0v) is 9.69. The minimum absolute atomic E-state index is 0.140. The fourth-order valence-corrected chi connectivity index (χ4v) is 1.03. The summed E-state index contributed by atoms with van der Waals surface area (Å²) in [6, 6.07) is 0. The molecule has 21 heavy (non-hydrogen) atoms. The molecule has 13 heteroatoms. The molecular weight excluding hydrogens is 340 g/mol. The molecule has 0 aromatic carbocycles. The molecule has 0 aliphatic carbocycles. The van der Waals surface area contributed by atoms with Gasteiger partial charge in [0, 0.05) is 6.42 Å². The molecule has 0 aliphatic heterocycles. The molecule has 0 aliphatic rings. The number of alkyl halides is 12. The first-order valence-corrected chi connectivity index (χ1v) is 4.80. The maximum atomic E-state index is 12.8. The summed E-state index contributed by atoms with van der Waals surface area (Å²) in [6.45, 7) is 0.140. The minimum Gasteiger partial charge on any atom is -0.331 e. The Morgan fingerprint density at radius 2 is 0.857 bits per heavy atom. The van der Waals surface area contributed by atoms with Crippen LogP contribution in [-0.2, 0) is 0 Å². The van der Waals surface area contributed by atoms with E-state index in [0.29, 0.717) is 0 Å². The van der Waals surface area contributed by atoms with Crippen molar-refractivity contribution < 1.29 is 57.8 Å². The van der Waals surface area contributed by atoms with Gasteiger partial charge in [0.2, 0.25) is 0 Å². The van der Waals surface area contributed by atoms with Crippen molar-refractivity contribution in [2.24, 2.45) is 0 Å². The van der Waals surface area contributed by atoms with Gasteiger partial charge < -0.3 is 5.11 Å². The Hall–Kier alpha value is -0.880. The Kier molecular flexibility index (Phi) is 4.61. The SMILES string of the molecule is CCC(F)(F)C(F)(F)C(F)(F)C(F)(F)C(F)(F)C(O)(F)F. The number of hydrogen-bond acceptors (Lipinski definition) is 1. The van der Waals surface area contributed by atoms with Gasteiger partial charge in [-0.05, 0) is 0 Å². The summed E-state index contributed by atoms with van der Waals surface area (Å²) < 4.78 is 150. The van der Waals surface area contributed by atoms with E-state index in [-0.39, 0.29) is 6.92 Å². The van der Waals surface area contributed by atoms with E-state index in [1.807, 2.05) is 0 Å². The molecule has 0 bridgehead atoms. The average molecular weight is 346 g/mol. The Labute approximate surface area is 108 Å². The molecule has 0 rings (SSSR count). The molecule has 0 saturated heterocycles. The molecule has 0 fully saturated rings. The highest BCUT2D eigenvalue weighted by Gasteiger charge is 2.89. The third-order valence-electron chi connectivity index (χ3n) is 2.46. The van der Waals surface area contributed by atoms with Crippen LogP contribution in [0.3, 0.4) is 0 Å². The summed E-state index contributed by atoms with van der Waals surface area (Å²) in [6.07, 6.45) is -9.04. The van der Waals surface area contributed by atoms with Crippen LogP contribution in [0.5, 0.6) is 0 Å². The van der Waals surface area contributed by atoms with Gasteiger partial charge in [0.25, 0.3) is 0 Å². The van der Waals surface area contributed by atoms with Crippen molar-refractivity contribution >= 4 is 0 Å². The Balaban J connectivity index is 6.14. The van der Waals surface area contributed by atoms with E-state index < -0.39 is 42.1 Å². The van der Waals surface area contributed by atoms with E-state index in [1.54, 1.807) is 0 Å². The van der Waals surface area contributed by atoms with E-state index >= 15 is 0 Å². The van der Waals surface area contributed by atoms with Gasteiger partial charge in [-0.15, -0.1) is 0 Å². The van der Waals surface area contributed by atoms with Crippen LogP contribution in [0.2, 0.25) is 0 Å². The van der Waals surface area contributed by atoms with Crippen molar-refractivity contribution in [3.05, 3.63) is 0 Å². The normalized spacial score (nSPS) is 16.3. The molecular formula is C8H6F12O. The summed E-state index contributed by atoms with van der Waals surface area (Å²) in [5.74, 6) is -35.7. The maximum absolute atomic E-state index is 12.8. The molecule has 0 heterocycles. The van der Waals surface area contributed by atoms with Crippen LogP contribution in [0, 0.1) is 0 Å². The standard InChI is InChI=1S/C8H6F12O/c1-2-3(9,10)4(11,12)5(13,14)6(15,16)7(17,18)8(19,20)21/h21H,2H2,1H3. The third-order valence-corrected chi connectivity index (χ3v) is 2.46.